The second-order valence-electron chi connectivity index (χ2n) is 6.36. The van der Waals surface area contributed by atoms with Crippen molar-refractivity contribution in [2.24, 2.45) is 11.1 Å². The van der Waals surface area contributed by atoms with Crippen LogP contribution in [0.2, 0.25) is 0 Å². The number of carbonyl (C=O) groups is 1. The maximum atomic E-state index is 12.0. The Morgan fingerprint density at radius 3 is 2.68 bits per heavy atom. The van der Waals surface area contributed by atoms with Gasteiger partial charge in [0.25, 0.3) is 0 Å². The van der Waals surface area contributed by atoms with Gasteiger partial charge in [0.2, 0.25) is 0 Å². The van der Waals surface area contributed by atoms with Crippen molar-refractivity contribution in [3.8, 4) is 0 Å². The van der Waals surface area contributed by atoms with E-state index in [-0.39, 0.29) is 17.7 Å². The lowest BCUT2D eigenvalue weighted by molar-refractivity contribution is -0.157. The lowest BCUT2D eigenvalue weighted by atomic mass is 9.83. The Kier molecular flexibility index (Phi) is 4.51. The number of ether oxygens (including phenoxy) is 2. The summed E-state index contributed by atoms with van der Waals surface area (Å²) in [6.07, 6.45) is 7.96. The zero-order valence-electron chi connectivity index (χ0n) is 12.2. The minimum absolute atomic E-state index is 0.120. The smallest absolute Gasteiger partial charge is 0.313 e. The largest absolute Gasteiger partial charge is 0.466 e. The predicted octanol–water partition coefficient (Wildman–Crippen LogP) is 2.40. The highest BCUT2D eigenvalue weighted by Crippen LogP contribution is 2.45. The number of nitrogens with two attached hydrogens (primary N) is 1. The molecule has 1 saturated heterocycles. The van der Waals surface area contributed by atoms with Crippen molar-refractivity contribution in [2.45, 2.75) is 70.5 Å². The minimum atomic E-state index is -0.606. The van der Waals surface area contributed by atoms with Crippen molar-refractivity contribution < 1.29 is 14.3 Å². The van der Waals surface area contributed by atoms with E-state index in [0.29, 0.717) is 19.6 Å². The van der Waals surface area contributed by atoms with Gasteiger partial charge in [-0.25, -0.2) is 0 Å². The first-order chi connectivity index (χ1) is 9.03. The van der Waals surface area contributed by atoms with Crippen LogP contribution in [0.25, 0.3) is 0 Å². The Labute approximate surface area is 116 Å². The Balaban J connectivity index is 1.94. The zero-order valence-corrected chi connectivity index (χ0v) is 12.2. The minimum Gasteiger partial charge on any atom is -0.466 e. The molecule has 2 aliphatic rings. The van der Waals surface area contributed by atoms with E-state index in [2.05, 4.69) is 0 Å². The number of rotatable bonds is 5. The summed E-state index contributed by atoms with van der Waals surface area (Å²) in [5.41, 5.74) is 5.32. The molecule has 0 radical (unpaired) electrons. The molecule has 19 heavy (non-hydrogen) atoms. The molecule has 0 aromatic rings. The Hall–Kier alpha value is -0.610. The molecule has 2 rings (SSSR count). The van der Waals surface area contributed by atoms with E-state index >= 15 is 0 Å². The van der Waals surface area contributed by atoms with Crippen LogP contribution in [0.1, 0.15) is 58.8 Å². The van der Waals surface area contributed by atoms with Crippen LogP contribution in [0.4, 0.5) is 0 Å². The zero-order chi connectivity index (χ0) is 13.9. The van der Waals surface area contributed by atoms with E-state index in [1.807, 2.05) is 13.8 Å². The fourth-order valence-corrected chi connectivity index (χ4v) is 3.48. The topological polar surface area (TPSA) is 61.5 Å². The molecule has 110 valence electrons. The fraction of sp³-hybridized carbons (Fsp3) is 0.933. The molecule has 4 nitrogen and oxygen atoms in total. The van der Waals surface area contributed by atoms with Crippen molar-refractivity contribution in [2.75, 3.05) is 13.2 Å². The van der Waals surface area contributed by atoms with Gasteiger partial charge in [-0.3, -0.25) is 4.79 Å². The van der Waals surface area contributed by atoms with Gasteiger partial charge in [-0.15, -0.1) is 0 Å². The van der Waals surface area contributed by atoms with Crippen LogP contribution in [0, 0.1) is 5.41 Å². The second kappa shape index (κ2) is 5.80. The molecule has 1 aliphatic heterocycles. The summed E-state index contributed by atoms with van der Waals surface area (Å²) in [7, 11) is 0. The average molecular weight is 269 g/mol. The highest BCUT2D eigenvalue weighted by atomic mass is 16.5. The van der Waals surface area contributed by atoms with E-state index in [1.165, 1.54) is 25.7 Å². The van der Waals surface area contributed by atoms with E-state index in [1.54, 1.807) is 0 Å². The van der Waals surface area contributed by atoms with Crippen molar-refractivity contribution in [1.82, 2.24) is 0 Å². The molecule has 1 aliphatic carbocycles. The Morgan fingerprint density at radius 1 is 1.42 bits per heavy atom. The van der Waals surface area contributed by atoms with E-state index < -0.39 is 5.41 Å². The Morgan fingerprint density at radius 2 is 2.11 bits per heavy atom. The molecule has 1 spiro atoms. The maximum absolute atomic E-state index is 12.0. The van der Waals surface area contributed by atoms with E-state index in [4.69, 9.17) is 15.2 Å². The molecule has 0 aromatic carbocycles. The summed E-state index contributed by atoms with van der Waals surface area (Å²) >= 11 is 0. The summed E-state index contributed by atoms with van der Waals surface area (Å²) in [6, 6.07) is 0. The number of hydrogen-bond donors (Lipinski definition) is 1. The highest BCUT2D eigenvalue weighted by Gasteiger charge is 2.45. The first-order valence-electron chi connectivity index (χ1n) is 7.59. The number of hydrogen-bond acceptors (Lipinski definition) is 4. The van der Waals surface area contributed by atoms with Gasteiger partial charge in [-0.2, -0.15) is 0 Å². The summed E-state index contributed by atoms with van der Waals surface area (Å²) in [4.78, 5) is 12.0. The Bertz CT molecular complexity index is 325. The number of esters is 1. The van der Waals surface area contributed by atoms with Crippen LogP contribution >= 0.6 is 0 Å². The molecule has 4 heteroatoms. The molecule has 0 aromatic heterocycles. The standard InChI is InChI=1S/C15H27NO3/c1-3-18-13(17)14(2,11-16)10-12-6-9-15(19-12)7-4-5-8-15/h12H,3-11,16H2,1-2H3. The predicted molar refractivity (Wildman–Crippen MR) is 73.7 cm³/mol. The molecule has 0 bridgehead atoms. The van der Waals surface area contributed by atoms with E-state index in [0.717, 1.165) is 12.8 Å². The number of carbonyl (C=O) groups excluding carboxylic acids is 1. The molecule has 2 atom stereocenters. The van der Waals surface area contributed by atoms with Crippen LogP contribution < -0.4 is 5.73 Å². The van der Waals surface area contributed by atoms with Crippen LogP contribution in [-0.2, 0) is 14.3 Å². The highest BCUT2D eigenvalue weighted by molar-refractivity contribution is 5.76. The normalized spacial score (nSPS) is 28.5. The monoisotopic (exact) mass is 269 g/mol. The molecule has 1 heterocycles. The molecular weight excluding hydrogens is 242 g/mol. The fourth-order valence-electron chi connectivity index (χ4n) is 3.48. The molecule has 1 saturated carbocycles. The lowest BCUT2D eigenvalue weighted by Gasteiger charge is -2.30. The summed E-state index contributed by atoms with van der Waals surface area (Å²) in [5, 5.41) is 0. The first kappa shape index (κ1) is 14.8. The van der Waals surface area contributed by atoms with Gasteiger partial charge in [-0.05, 0) is 46.0 Å². The van der Waals surface area contributed by atoms with Crippen LogP contribution in [-0.4, -0.2) is 30.8 Å². The first-order valence-corrected chi connectivity index (χ1v) is 7.59. The van der Waals surface area contributed by atoms with Gasteiger partial charge in [0.05, 0.1) is 23.7 Å². The van der Waals surface area contributed by atoms with Crippen molar-refractivity contribution in [3.63, 3.8) is 0 Å². The van der Waals surface area contributed by atoms with Crippen molar-refractivity contribution >= 4 is 5.97 Å². The van der Waals surface area contributed by atoms with Gasteiger partial charge in [0.1, 0.15) is 0 Å². The third-order valence-corrected chi connectivity index (χ3v) is 4.75. The SMILES string of the molecule is CCOC(=O)C(C)(CN)CC1CCC2(CCCC2)O1. The lowest BCUT2D eigenvalue weighted by Crippen LogP contribution is -2.40. The summed E-state index contributed by atoms with van der Waals surface area (Å²) in [6.45, 7) is 4.45. The third kappa shape index (κ3) is 3.11. The second-order valence-corrected chi connectivity index (χ2v) is 6.36. The maximum Gasteiger partial charge on any atom is 0.313 e. The van der Waals surface area contributed by atoms with Crippen LogP contribution in [0.15, 0.2) is 0 Å². The van der Waals surface area contributed by atoms with Crippen molar-refractivity contribution in [1.29, 1.82) is 0 Å². The summed E-state index contributed by atoms with van der Waals surface area (Å²) in [5.74, 6) is -0.187. The van der Waals surface area contributed by atoms with Crippen LogP contribution in [0.5, 0.6) is 0 Å². The molecule has 2 fully saturated rings. The van der Waals surface area contributed by atoms with Gasteiger partial charge >= 0.3 is 5.97 Å². The quantitative estimate of drug-likeness (QED) is 0.778. The molecule has 2 unspecified atom stereocenters. The van der Waals surface area contributed by atoms with Crippen LogP contribution in [0.3, 0.4) is 0 Å². The van der Waals surface area contributed by atoms with Gasteiger partial charge in [0, 0.05) is 6.54 Å². The van der Waals surface area contributed by atoms with Gasteiger partial charge in [0.15, 0.2) is 0 Å². The average Bonchev–Trinajstić information content (AvgIpc) is 3.00. The molecular formula is C15H27NO3. The third-order valence-electron chi connectivity index (χ3n) is 4.75. The van der Waals surface area contributed by atoms with Gasteiger partial charge in [-0.1, -0.05) is 12.8 Å². The van der Waals surface area contributed by atoms with E-state index in [9.17, 15) is 4.79 Å². The van der Waals surface area contributed by atoms with Crippen molar-refractivity contribution in [3.05, 3.63) is 0 Å². The molecule has 2 N–H and O–H groups in total. The van der Waals surface area contributed by atoms with Gasteiger partial charge < -0.3 is 15.2 Å². The molecule has 0 amide bonds. The summed E-state index contributed by atoms with van der Waals surface area (Å²) < 4.78 is 11.4.